The number of hydrogen-bond acceptors (Lipinski definition) is 5. The third kappa shape index (κ3) is 6.51. The van der Waals surface area contributed by atoms with Gasteiger partial charge in [-0.1, -0.05) is 26.0 Å². The minimum absolute atomic E-state index is 0.125. The summed E-state index contributed by atoms with van der Waals surface area (Å²) >= 11 is 0. The van der Waals surface area contributed by atoms with E-state index in [0.717, 1.165) is 17.0 Å². The molecule has 1 heterocycles. The first-order valence-corrected chi connectivity index (χ1v) is 13.3. The fourth-order valence-corrected chi connectivity index (χ4v) is 4.29. The Kier molecular flexibility index (Phi) is 8.89. The quantitative estimate of drug-likeness (QED) is 0.260. The molecule has 0 fully saturated rings. The Balaban J connectivity index is 1.62. The Morgan fingerprint density at radius 1 is 0.850 bits per heavy atom. The summed E-state index contributed by atoms with van der Waals surface area (Å²) in [5, 5.41) is 2.94. The maximum Gasteiger partial charge on any atom is 0.254 e. The van der Waals surface area contributed by atoms with Crippen molar-refractivity contribution in [3.05, 3.63) is 90.1 Å². The molecule has 0 aliphatic rings. The van der Waals surface area contributed by atoms with Gasteiger partial charge in [0.15, 0.2) is 0 Å². The van der Waals surface area contributed by atoms with E-state index >= 15 is 0 Å². The van der Waals surface area contributed by atoms with E-state index in [0.29, 0.717) is 28.9 Å². The van der Waals surface area contributed by atoms with Crippen LogP contribution >= 0.6 is 0 Å². The molecule has 2 amide bonds. The first-order valence-electron chi connectivity index (χ1n) is 13.3. The van der Waals surface area contributed by atoms with Gasteiger partial charge in [-0.05, 0) is 86.0 Å². The van der Waals surface area contributed by atoms with Gasteiger partial charge in [0.2, 0.25) is 11.9 Å². The number of anilines is 1. The highest BCUT2D eigenvalue weighted by Gasteiger charge is 2.23. The Morgan fingerprint density at radius 2 is 1.43 bits per heavy atom. The van der Waals surface area contributed by atoms with Gasteiger partial charge in [0.05, 0.1) is 19.9 Å². The largest absolute Gasteiger partial charge is 0.497 e. The van der Waals surface area contributed by atoms with Crippen LogP contribution in [0.25, 0.3) is 16.9 Å². The van der Waals surface area contributed by atoms with Crippen LogP contribution in [0.5, 0.6) is 11.5 Å². The first-order chi connectivity index (χ1) is 19.2. The summed E-state index contributed by atoms with van der Waals surface area (Å²) < 4.78 is 12.3. The van der Waals surface area contributed by atoms with Crippen molar-refractivity contribution < 1.29 is 19.1 Å². The summed E-state index contributed by atoms with van der Waals surface area (Å²) in [7, 11) is 3.20. The second-order valence-electron chi connectivity index (χ2n) is 10.1. The maximum atomic E-state index is 13.3. The van der Waals surface area contributed by atoms with Gasteiger partial charge in [-0.25, -0.2) is 4.98 Å². The molecule has 4 aromatic rings. The number of hydrogen-bond donors (Lipinski definition) is 1. The van der Waals surface area contributed by atoms with E-state index in [1.54, 1.807) is 38.5 Å². The topological polar surface area (TPSA) is 85.7 Å². The minimum Gasteiger partial charge on any atom is -0.497 e. The number of imidazole rings is 1. The second-order valence-corrected chi connectivity index (χ2v) is 10.1. The van der Waals surface area contributed by atoms with Gasteiger partial charge < -0.3 is 14.4 Å². The van der Waals surface area contributed by atoms with Crippen LogP contribution < -0.4 is 14.8 Å². The SMILES string of the molecule is COc1ccc(C(=O)N(CC(=O)Nc2nc(-c3ccc(OC)cc3)cn2-c2ccc(C(C)C)cc2)C(C)C)cc1. The Morgan fingerprint density at radius 3 is 1.95 bits per heavy atom. The van der Waals surface area contributed by atoms with Crippen LogP contribution in [0.1, 0.15) is 49.5 Å². The zero-order valence-electron chi connectivity index (χ0n) is 23.8. The molecule has 0 spiro atoms. The average molecular weight is 541 g/mol. The molecule has 0 saturated carbocycles. The lowest BCUT2D eigenvalue weighted by atomic mass is 10.0. The smallest absolute Gasteiger partial charge is 0.254 e. The number of carbonyl (C=O) groups excluding carboxylic acids is 2. The van der Waals surface area contributed by atoms with Gasteiger partial charge in [0, 0.05) is 29.1 Å². The summed E-state index contributed by atoms with van der Waals surface area (Å²) in [6.07, 6.45) is 1.89. The van der Waals surface area contributed by atoms with Crippen molar-refractivity contribution in [2.45, 2.75) is 39.7 Å². The number of aromatic nitrogens is 2. The van der Waals surface area contributed by atoms with Crippen molar-refractivity contribution in [3.8, 4) is 28.4 Å². The molecule has 0 unspecified atom stereocenters. The monoisotopic (exact) mass is 540 g/mol. The summed E-state index contributed by atoms with van der Waals surface area (Å²) in [4.78, 5) is 32.9. The summed E-state index contributed by atoms with van der Waals surface area (Å²) in [5.41, 5.74) is 4.14. The van der Waals surface area contributed by atoms with E-state index in [1.165, 1.54) is 10.5 Å². The third-order valence-corrected chi connectivity index (χ3v) is 6.72. The van der Waals surface area contributed by atoms with Gasteiger partial charge in [0.1, 0.15) is 18.0 Å². The summed E-state index contributed by atoms with van der Waals surface area (Å²) in [6, 6.07) is 22.4. The predicted octanol–water partition coefficient (Wildman–Crippen LogP) is 6.17. The second kappa shape index (κ2) is 12.5. The van der Waals surface area contributed by atoms with Crippen molar-refractivity contribution in [3.63, 3.8) is 0 Å². The van der Waals surface area contributed by atoms with Gasteiger partial charge in [-0.15, -0.1) is 0 Å². The third-order valence-electron chi connectivity index (χ3n) is 6.72. The van der Waals surface area contributed by atoms with E-state index < -0.39 is 0 Å². The van der Waals surface area contributed by atoms with E-state index in [9.17, 15) is 9.59 Å². The van der Waals surface area contributed by atoms with Crippen LogP contribution in [-0.4, -0.2) is 53.1 Å². The molecular formula is C32H36N4O4. The highest BCUT2D eigenvalue weighted by molar-refractivity contribution is 5.99. The molecule has 40 heavy (non-hydrogen) atoms. The van der Waals surface area contributed by atoms with Crippen LogP contribution in [0.15, 0.2) is 79.0 Å². The highest BCUT2D eigenvalue weighted by atomic mass is 16.5. The molecule has 8 nitrogen and oxygen atoms in total. The lowest BCUT2D eigenvalue weighted by molar-refractivity contribution is -0.117. The van der Waals surface area contributed by atoms with Crippen molar-refractivity contribution in [1.29, 1.82) is 0 Å². The van der Waals surface area contributed by atoms with Crippen LogP contribution in [0.3, 0.4) is 0 Å². The molecule has 0 aliphatic heterocycles. The van der Waals surface area contributed by atoms with E-state index in [2.05, 4.69) is 31.3 Å². The Labute approximate surface area is 235 Å². The number of ether oxygens (including phenoxy) is 2. The van der Waals surface area contributed by atoms with Gasteiger partial charge >= 0.3 is 0 Å². The molecule has 0 radical (unpaired) electrons. The lowest BCUT2D eigenvalue weighted by Gasteiger charge is -2.26. The normalized spacial score (nSPS) is 11.0. The van der Waals surface area contributed by atoms with Crippen molar-refractivity contribution >= 4 is 17.8 Å². The number of amides is 2. The Bertz CT molecular complexity index is 1440. The predicted molar refractivity (Wildman–Crippen MR) is 157 cm³/mol. The van der Waals surface area contributed by atoms with Crippen molar-refractivity contribution in [2.75, 3.05) is 26.1 Å². The molecule has 0 aliphatic carbocycles. The fraction of sp³-hybridized carbons (Fsp3) is 0.281. The van der Waals surface area contributed by atoms with Gasteiger partial charge in [-0.3, -0.25) is 19.5 Å². The molecule has 0 bridgehead atoms. The van der Waals surface area contributed by atoms with Crippen molar-refractivity contribution in [2.24, 2.45) is 0 Å². The lowest BCUT2D eigenvalue weighted by Crippen LogP contribution is -2.42. The number of nitrogens with one attached hydrogen (secondary N) is 1. The van der Waals surface area contributed by atoms with Gasteiger partial charge in [0.25, 0.3) is 5.91 Å². The van der Waals surface area contributed by atoms with Crippen LogP contribution in [-0.2, 0) is 4.79 Å². The Hall–Kier alpha value is -4.59. The number of methoxy groups -OCH3 is 2. The van der Waals surface area contributed by atoms with Crippen LogP contribution in [0.4, 0.5) is 5.95 Å². The molecule has 1 aromatic heterocycles. The zero-order chi connectivity index (χ0) is 28.8. The molecule has 3 aromatic carbocycles. The van der Waals surface area contributed by atoms with E-state index in [-0.39, 0.29) is 24.4 Å². The highest BCUT2D eigenvalue weighted by Crippen LogP contribution is 2.27. The maximum absolute atomic E-state index is 13.3. The molecule has 1 N–H and O–H groups in total. The fourth-order valence-electron chi connectivity index (χ4n) is 4.29. The van der Waals surface area contributed by atoms with Crippen LogP contribution in [0.2, 0.25) is 0 Å². The molecule has 0 atom stereocenters. The van der Waals surface area contributed by atoms with E-state index in [4.69, 9.17) is 14.5 Å². The van der Waals surface area contributed by atoms with Crippen LogP contribution in [0, 0.1) is 0 Å². The molecule has 208 valence electrons. The molecule has 4 rings (SSSR count). The standard InChI is InChI=1S/C32H36N4O4/c1-21(2)23-7-13-26(14-8-23)36-19-29(24-9-15-27(39-5)16-10-24)33-32(36)34-30(37)20-35(22(3)4)31(38)25-11-17-28(40-6)18-12-25/h7-19,21-22H,20H2,1-6H3,(H,33,34,37). The zero-order valence-corrected chi connectivity index (χ0v) is 23.8. The molecular weight excluding hydrogens is 504 g/mol. The number of rotatable bonds is 10. The number of benzene rings is 3. The van der Waals surface area contributed by atoms with E-state index in [1.807, 2.05) is 61.0 Å². The van der Waals surface area contributed by atoms with Crippen molar-refractivity contribution in [1.82, 2.24) is 14.5 Å². The average Bonchev–Trinajstić information content (AvgIpc) is 3.39. The minimum atomic E-state index is -0.345. The summed E-state index contributed by atoms with van der Waals surface area (Å²) in [5.74, 6) is 1.59. The first kappa shape index (κ1) is 28.4. The number of carbonyl (C=O) groups is 2. The van der Waals surface area contributed by atoms with Gasteiger partial charge in [-0.2, -0.15) is 0 Å². The molecule has 0 saturated heterocycles. The summed E-state index contributed by atoms with van der Waals surface area (Å²) in [6.45, 7) is 7.93. The molecule has 8 heteroatoms. The number of nitrogens with zero attached hydrogens (tertiary/aromatic N) is 3.